The second-order valence-electron chi connectivity index (χ2n) is 6.44. The van der Waals surface area contributed by atoms with Crippen LogP contribution >= 0.6 is 23.2 Å². The van der Waals surface area contributed by atoms with Gasteiger partial charge >= 0.3 is 5.97 Å². The number of esters is 1. The number of anilines is 1. The van der Waals surface area contributed by atoms with Gasteiger partial charge in [-0.2, -0.15) is 0 Å². The standard InChI is InChI=1S/C23H19Cl2NO5/c1-29-19-8-15(9-20(13-19)30-2)23(28)31-21(14-6-4-3-5-7-14)22(27)26-18-11-16(24)10-17(25)12-18/h3-13,21H,1-2H3,(H,26,27)/t21-/m0/s1. The minimum absolute atomic E-state index is 0.177. The Morgan fingerprint density at radius 2 is 1.42 bits per heavy atom. The highest BCUT2D eigenvalue weighted by Gasteiger charge is 2.26. The molecule has 1 atom stereocenters. The van der Waals surface area contributed by atoms with Crippen molar-refractivity contribution in [3.05, 3.63) is 87.9 Å². The second-order valence-corrected chi connectivity index (χ2v) is 7.32. The summed E-state index contributed by atoms with van der Waals surface area (Å²) in [5.41, 5.74) is 1.05. The number of rotatable bonds is 7. The molecule has 0 heterocycles. The third-order valence-electron chi connectivity index (χ3n) is 4.28. The molecule has 3 aromatic carbocycles. The van der Waals surface area contributed by atoms with Gasteiger partial charge in [0.15, 0.2) is 0 Å². The highest BCUT2D eigenvalue weighted by Crippen LogP contribution is 2.27. The van der Waals surface area contributed by atoms with Gasteiger partial charge in [-0.25, -0.2) is 4.79 Å². The Hall–Kier alpha value is -3.22. The first-order valence-corrected chi connectivity index (χ1v) is 9.91. The molecule has 0 aliphatic heterocycles. The minimum atomic E-state index is -1.22. The Labute approximate surface area is 189 Å². The molecule has 6 nitrogen and oxygen atoms in total. The molecule has 0 saturated carbocycles. The highest BCUT2D eigenvalue weighted by molar-refractivity contribution is 6.35. The van der Waals surface area contributed by atoms with Crippen LogP contribution < -0.4 is 14.8 Å². The van der Waals surface area contributed by atoms with Crippen molar-refractivity contribution in [2.75, 3.05) is 19.5 Å². The monoisotopic (exact) mass is 459 g/mol. The van der Waals surface area contributed by atoms with Crippen LogP contribution in [0, 0.1) is 0 Å². The zero-order valence-electron chi connectivity index (χ0n) is 16.7. The first-order valence-electron chi connectivity index (χ1n) is 9.15. The van der Waals surface area contributed by atoms with Gasteiger partial charge in [-0.1, -0.05) is 53.5 Å². The number of halogens is 2. The van der Waals surface area contributed by atoms with Crippen molar-refractivity contribution < 1.29 is 23.8 Å². The lowest BCUT2D eigenvalue weighted by atomic mass is 10.1. The van der Waals surface area contributed by atoms with Crippen LogP contribution in [-0.4, -0.2) is 26.1 Å². The molecular formula is C23H19Cl2NO5. The molecule has 8 heteroatoms. The van der Waals surface area contributed by atoms with E-state index in [0.717, 1.165) is 0 Å². The summed E-state index contributed by atoms with van der Waals surface area (Å²) in [6, 6.07) is 17.9. The van der Waals surface area contributed by atoms with Crippen LogP contribution in [0.15, 0.2) is 66.7 Å². The molecule has 0 aliphatic rings. The van der Waals surface area contributed by atoms with Gasteiger partial charge in [-0.3, -0.25) is 4.79 Å². The number of hydrogen-bond donors (Lipinski definition) is 1. The molecule has 3 aromatic rings. The van der Waals surface area contributed by atoms with Gasteiger partial charge in [0.05, 0.1) is 19.8 Å². The summed E-state index contributed by atoms with van der Waals surface area (Å²) in [6.07, 6.45) is -1.22. The summed E-state index contributed by atoms with van der Waals surface area (Å²) in [4.78, 5) is 25.9. The summed E-state index contributed by atoms with van der Waals surface area (Å²) in [7, 11) is 2.94. The Morgan fingerprint density at radius 1 is 0.839 bits per heavy atom. The highest BCUT2D eigenvalue weighted by atomic mass is 35.5. The van der Waals surface area contributed by atoms with Crippen LogP contribution in [0.4, 0.5) is 5.69 Å². The number of amides is 1. The number of ether oxygens (including phenoxy) is 3. The first kappa shape index (κ1) is 22.5. The first-order chi connectivity index (χ1) is 14.9. The van der Waals surface area contributed by atoms with Crippen LogP contribution in [0.2, 0.25) is 10.0 Å². The fourth-order valence-corrected chi connectivity index (χ4v) is 3.36. The summed E-state index contributed by atoms with van der Waals surface area (Å²) in [5.74, 6) is -0.445. The number of carbonyl (C=O) groups excluding carboxylic acids is 2. The van der Waals surface area contributed by atoms with E-state index in [0.29, 0.717) is 32.8 Å². The zero-order valence-corrected chi connectivity index (χ0v) is 18.2. The summed E-state index contributed by atoms with van der Waals surface area (Å²) < 4.78 is 16.0. The van der Waals surface area contributed by atoms with Gasteiger partial charge in [0, 0.05) is 27.4 Å². The summed E-state index contributed by atoms with van der Waals surface area (Å²) in [6.45, 7) is 0. The number of benzene rings is 3. The van der Waals surface area contributed by atoms with Crippen molar-refractivity contribution in [2.45, 2.75) is 6.10 Å². The molecule has 1 N–H and O–H groups in total. The van der Waals surface area contributed by atoms with Gasteiger partial charge in [0.25, 0.3) is 5.91 Å². The smallest absolute Gasteiger partial charge is 0.339 e. The largest absolute Gasteiger partial charge is 0.497 e. The fourth-order valence-electron chi connectivity index (χ4n) is 2.83. The Morgan fingerprint density at radius 3 is 1.97 bits per heavy atom. The topological polar surface area (TPSA) is 73.9 Å². The third kappa shape index (κ3) is 5.90. The molecule has 0 aromatic heterocycles. The van der Waals surface area contributed by atoms with E-state index in [-0.39, 0.29) is 5.56 Å². The maximum Gasteiger partial charge on any atom is 0.339 e. The van der Waals surface area contributed by atoms with E-state index in [1.165, 1.54) is 26.4 Å². The van der Waals surface area contributed by atoms with Gasteiger partial charge in [0.1, 0.15) is 11.5 Å². The van der Waals surface area contributed by atoms with Crippen LogP contribution in [-0.2, 0) is 9.53 Å². The van der Waals surface area contributed by atoms with Crippen molar-refractivity contribution >= 4 is 40.8 Å². The molecular weight excluding hydrogens is 441 g/mol. The fraction of sp³-hybridized carbons (Fsp3) is 0.130. The van der Waals surface area contributed by atoms with E-state index < -0.39 is 18.0 Å². The Bertz CT molecular complexity index is 1050. The van der Waals surface area contributed by atoms with Crippen molar-refractivity contribution in [2.24, 2.45) is 0 Å². The Balaban J connectivity index is 1.89. The molecule has 0 radical (unpaired) electrons. The van der Waals surface area contributed by atoms with E-state index >= 15 is 0 Å². The van der Waals surface area contributed by atoms with E-state index in [1.54, 1.807) is 54.6 Å². The van der Waals surface area contributed by atoms with E-state index in [1.807, 2.05) is 0 Å². The SMILES string of the molecule is COc1cc(OC)cc(C(=O)O[C@H](C(=O)Nc2cc(Cl)cc(Cl)c2)c2ccccc2)c1. The van der Waals surface area contributed by atoms with Crippen molar-refractivity contribution in [3.63, 3.8) is 0 Å². The molecule has 31 heavy (non-hydrogen) atoms. The van der Waals surface area contributed by atoms with Crippen LogP contribution in [0.1, 0.15) is 22.0 Å². The van der Waals surface area contributed by atoms with Gasteiger partial charge < -0.3 is 19.5 Å². The van der Waals surface area contributed by atoms with Crippen molar-refractivity contribution in [1.29, 1.82) is 0 Å². The number of methoxy groups -OCH3 is 2. The predicted octanol–water partition coefficient (Wildman–Crippen LogP) is 5.55. The number of carbonyl (C=O) groups is 2. The molecule has 3 rings (SSSR count). The third-order valence-corrected chi connectivity index (χ3v) is 4.72. The molecule has 0 unspecified atom stereocenters. The van der Waals surface area contributed by atoms with Gasteiger partial charge in [0.2, 0.25) is 6.10 Å². The minimum Gasteiger partial charge on any atom is -0.497 e. The Kier molecular flexibility index (Phi) is 7.39. The lowest BCUT2D eigenvalue weighted by Crippen LogP contribution is -2.26. The van der Waals surface area contributed by atoms with E-state index in [9.17, 15) is 9.59 Å². The number of nitrogens with one attached hydrogen (secondary N) is 1. The molecule has 0 saturated heterocycles. The van der Waals surface area contributed by atoms with E-state index in [4.69, 9.17) is 37.4 Å². The molecule has 0 aliphatic carbocycles. The van der Waals surface area contributed by atoms with Gasteiger partial charge in [-0.05, 0) is 30.3 Å². The summed E-state index contributed by atoms with van der Waals surface area (Å²) in [5, 5.41) is 3.41. The molecule has 1 amide bonds. The van der Waals surface area contributed by atoms with Crippen LogP contribution in [0.5, 0.6) is 11.5 Å². The van der Waals surface area contributed by atoms with Crippen LogP contribution in [0.3, 0.4) is 0 Å². The second kappa shape index (κ2) is 10.2. The lowest BCUT2D eigenvalue weighted by molar-refractivity contribution is -0.125. The van der Waals surface area contributed by atoms with E-state index in [2.05, 4.69) is 5.32 Å². The normalized spacial score (nSPS) is 11.4. The van der Waals surface area contributed by atoms with Crippen LogP contribution in [0.25, 0.3) is 0 Å². The maximum absolute atomic E-state index is 13.0. The maximum atomic E-state index is 13.0. The average molecular weight is 460 g/mol. The molecule has 0 bridgehead atoms. The summed E-state index contributed by atoms with van der Waals surface area (Å²) >= 11 is 12.0. The van der Waals surface area contributed by atoms with Crippen molar-refractivity contribution in [3.8, 4) is 11.5 Å². The lowest BCUT2D eigenvalue weighted by Gasteiger charge is -2.19. The molecule has 0 fully saturated rings. The quantitative estimate of drug-likeness (QED) is 0.469. The van der Waals surface area contributed by atoms with Crippen molar-refractivity contribution in [1.82, 2.24) is 0 Å². The number of hydrogen-bond acceptors (Lipinski definition) is 5. The molecule has 160 valence electrons. The molecule has 0 spiro atoms. The predicted molar refractivity (Wildman–Crippen MR) is 119 cm³/mol. The van der Waals surface area contributed by atoms with Gasteiger partial charge in [-0.15, -0.1) is 0 Å². The average Bonchev–Trinajstić information content (AvgIpc) is 2.76. The zero-order chi connectivity index (χ0) is 22.4.